The third-order valence-electron chi connectivity index (χ3n) is 7.49. The van der Waals surface area contributed by atoms with Crippen molar-refractivity contribution in [3.63, 3.8) is 0 Å². The predicted molar refractivity (Wildman–Crippen MR) is 167 cm³/mol. The average molecular weight is 584 g/mol. The molecule has 6 N–H and O–H groups in total. The molecule has 11 heteroatoms. The summed E-state index contributed by atoms with van der Waals surface area (Å²) in [7, 11) is 1.53. The van der Waals surface area contributed by atoms with E-state index in [9.17, 15) is 14.1 Å². The first-order chi connectivity index (χ1) is 19.5. The molecule has 222 valence electrons. The summed E-state index contributed by atoms with van der Waals surface area (Å²) in [6.07, 6.45) is 9.42. The van der Waals surface area contributed by atoms with E-state index in [-0.39, 0.29) is 17.2 Å². The first-order valence-electron chi connectivity index (χ1n) is 14.0. The second kappa shape index (κ2) is 13.1. The number of hydrogen-bond acceptors (Lipinski definition) is 8. The van der Waals surface area contributed by atoms with E-state index in [2.05, 4.69) is 47.1 Å². The predicted octanol–water partition coefficient (Wildman–Crippen LogP) is 4.97. The van der Waals surface area contributed by atoms with E-state index in [1.165, 1.54) is 26.4 Å². The maximum absolute atomic E-state index is 13.5. The van der Waals surface area contributed by atoms with Gasteiger partial charge in [0.2, 0.25) is 0 Å². The van der Waals surface area contributed by atoms with Crippen LogP contribution in [0, 0.1) is 12.8 Å². The molecular weight excluding hydrogens is 540 g/mol. The third-order valence-corrected chi connectivity index (χ3v) is 8.00. The molecular formula is C30H43N6O4S+. The molecule has 41 heavy (non-hydrogen) atoms. The van der Waals surface area contributed by atoms with Gasteiger partial charge < -0.3 is 15.4 Å². The molecule has 1 fully saturated rings. The molecule has 0 radical (unpaired) electrons. The zero-order chi connectivity index (χ0) is 29.7. The largest absolute Gasteiger partial charge is 0.492 e. The first-order valence-corrected chi connectivity index (χ1v) is 15.6. The second-order valence-electron chi connectivity index (χ2n) is 11.8. The maximum Gasteiger partial charge on any atom is 0.270 e. The molecule has 1 atom stereocenters. The topological polar surface area (TPSA) is 127 Å². The molecule has 1 aliphatic carbocycles. The van der Waals surface area contributed by atoms with Gasteiger partial charge in [0.05, 0.1) is 24.7 Å². The number of anilines is 3. The van der Waals surface area contributed by atoms with Gasteiger partial charge in [-0.1, -0.05) is 46.1 Å². The SMILES string of the molecule is COc1c(NC(=O)c2ccc(C)c(N3C=C(C(=O)NCC4CCCCC4)NN3)c2)cc(C(C)(C)C)cc1N[S+](C)O. The molecule has 2 aliphatic rings. The molecule has 1 aliphatic heterocycles. The number of ether oxygens (including phenoxy) is 1. The Morgan fingerprint density at radius 2 is 1.80 bits per heavy atom. The number of amides is 2. The van der Waals surface area contributed by atoms with Crippen LogP contribution in [-0.4, -0.2) is 36.3 Å². The van der Waals surface area contributed by atoms with Crippen LogP contribution in [0.25, 0.3) is 0 Å². The fourth-order valence-corrected chi connectivity index (χ4v) is 5.57. The van der Waals surface area contributed by atoms with E-state index in [0.717, 1.165) is 29.7 Å². The molecule has 10 nitrogen and oxygen atoms in total. The minimum atomic E-state index is -1.08. The molecule has 4 rings (SSSR count). The number of carbonyl (C=O) groups is 2. The summed E-state index contributed by atoms with van der Waals surface area (Å²) in [6.45, 7) is 8.86. The summed E-state index contributed by atoms with van der Waals surface area (Å²) in [5.41, 5.74) is 10.3. The van der Waals surface area contributed by atoms with Crippen LogP contribution in [-0.2, 0) is 21.6 Å². The van der Waals surface area contributed by atoms with Gasteiger partial charge in [0.1, 0.15) is 11.4 Å². The summed E-state index contributed by atoms with van der Waals surface area (Å²) in [4.78, 5) is 26.3. The van der Waals surface area contributed by atoms with E-state index in [1.807, 2.05) is 25.1 Å². The molecule has 2 amide bonds. The number of aryl methyl sites for hydroxylation is 1. The highest BCUT2D eigenvalue weighted by Gasteiger charge is 2.25. The number of carbonyl (C=O) groups excluding carboxylic acids is 2. The Hall–Kier alpha value is -3.41. The summed E-state index contributed by atoms with van der Waals surface area (Å²) < 4.78 is 18.7. The Morgan fingerprint density at radius 1 is 1.10 bits per heavy atom. The van der Waals surface area contributed by atoms with Gasteiger partial charge >= 0.3 is 0 Å². The lowest BCUT2D eigenvalue weighted by molar-refractivity contribution is -0.118. The Kier molecular flexibility index (Phi) is 9.72. The number of hydrogen-bond donors (Lipinski definition) is 6. The van der Waals surface area contributed by atoms with E-state index in [1.54, 1.807) is 29.6 Å². The van der Waals surface area contributed by atoms with Crippen molar-refractivity contribution in [1.29, 1.82) is 0 Å². The highest BCUT2D eigenvalue weighted by atomic mass is 32.2. The molecule has 1 unspecified atom stereocenters. The van der Waals surface area contributed by atoms with Crippen molar-refractivity contribution in [3.8, 4) is 5.75 Å². The number of methoxy groups -OCH3 is 1. The maximum atomic E-state index is 13.5. The third kappa shape index (κ3) is 7.66. The molecule has 2 aromatic carbocycles. The number of nitrogens with zero attached hydrogens (tertiary/aromatic N) is 1. The van der Waals surface area contributed by atoms with E-state index < -0.39 is 11.4 Å². The second-order valence-corrected chi connectivity index (χ2v) is 12.9. The standard InChI is InChI=1S/C30H42N6O4S/c1-19-12-13-21(14-26(19)36-18-25(33-35-36)29(38)31-17-20-10-8-7-9-11-20)28(37)32-23-15-22(30(2,3)4)16-24(27(23)40-5)34-41(6)39/h12-16,18,20,33-35,39H,7-11,17H2,1-6H3,(H-,31,32,37,38)/p+1. The van der Waals surface area contributed by atoms with Crippen molar-refractivity contribution in [2.75, 3.05) is 35.0 Å². The molecule has 0 spiro atoms. The van der Waals surface area contributed by atoms with Crippen LogP contribution < -0.4 is 36.1 Å². The number of rotatable bonds is 9. The highest BCUT2D eigenvalue weighted by Crippen LogP contribution is 2.39. The minimum absolute atomic E-state index is 0.162. The highest BCUT2D eigenvalue weighted by molar-refractivity contribution is 7.92. The fourth-order valence-electron chi connectivity index (χ4n) is 5.10. The molecule has 0 saturated heterocycles. The van der Waals surface area contributed by atoms with Gasteiger partial charge in [0.25, 0.3) is 23.2 Å². The number of benzene rings is 2. The first kappa shape index (κ1) is 30.5. The van der Waals surface area contributed by atoms with Crippen molar-refractivity contribution in [2.24, 2.45) is 5.92 Å². The Bertz CT molecular complexity index is 1300. The zero-order valence-corrected chi connectivity index (χ0v) is 25.6. The van der Waals surface area contributed by atoms with Gasteiger partial charge in [-0.3, -0.25) is 20.0 Å². The number of nitrogens with one attached hydrogen (secondary N) is 5. The Balaban J connectivity index is 1.53. The lowest BCUT2D eigenvalue weighted by Gasteiger charge is -2.23. The normalized spacial score (nSPS) is 16.5. The zero-order valence-electron chi connectivity index (χ0n) is 24.8. The van der Waals surface area contributed by atoms with Gasteiger partial charge in [0, 0.05) is 12.1 Å². The lowest BCUT2D eigenvalue weighted by Crippen LogP contribution is -2.40. The van der Waals surface area contributed by atoms with Gasteiger partial charge in [-0.2, -0.15) is 9.27 Å². The van der Waals surface area contributed by atoms with Crippen molar-refractivity contribution in [2.45, 2.75) is 65.2 Å². The minimum Gasteiger partial charge on any atom is -0.492 e. The van der Waals surface area contributed by atoms with Crippen molar-refractivity contribution < 1.29 is 18.9 Å². The van der Waals surface area contributed by atoms with Crippen LogP contribution >= 0.6 is 0 Å². The molecule has 0 aromatic heterocycles. The van der Waals surface area contributed by atoms with Crippen LogP contribution in [0.5, 0.6) is 5.75 Å². The van der Waals surface area contributed by atoms with Crippen LogP contribution in [0.4, 0.5) is 17.1 Å². The van der Waals surface area contributed by atoms with Crippen LogP contribution in [0.15, 0.2) is 42.2 Å². The summed E-state index contributed by atoms with van der Waals surface area (Å²) >= 11 is -1.08. The summed E-state index contributed by atoms with van der Waals surface area (Å²) in [5, 5.41) is 7.75. The quantitative estimate of drug-likeness (QED) is 0.229. The smallest absolute Gasteiger partial charge is 0.270 e. The van der Waals surface area contributed by atoms with Gasteiger partial charge in [0.15, 0.2) is 12.0 Å². The summed E-state index contributed by atoms with van der Waals surface area (Å²) in [5.74, 6) is 0.496. The van der Waals surface area contributed by atoms with Crippen molar-refractivity contribution >= 4 is 40.2 Å². The van der Waals surface area contributed by atoms with Gasteiger partial charge in [-0.05, 0) is 66.5 Å². The molecule has 1 heterocycles. The van der Waals surface area contributed by atoms with E-state index in [0.29, 0.717) is 40.8 Å². The van der Waals surface area contributed by atoms with Gasteiger partial charge in [-0.25, -0.2) is 0 Å². The van der Waals surface area contributed by atoms with Crippen molar-refractivity contribution in [1.82, 2.24) is 16.3 Å². The van der Waals surface area contributed by atoms with Crippen LogP contribution in [0.2, 0.25) is 0 Å². The molecule has 1 saturated carbocycles. The van der Waals surface area contributed by atoms with Crippen LogP contribution in [0.1, 0.15) is 74.4 Å². The van der Waals surface area contributed by atoms with Crippen LogP contribution in [0.3, 0.4) is 0 Å². The molecule has 2 aromatic rings. The Morgan fingerprint density at radius 3 is 2.46 bits per heavy atom. The lowest BCUT2D eigenvalue weighted by atomic mass is 9.86. The Labute approximate surface area is 245 Å². The van der Waals surface area contributed by atoms with E-state index in [4.69, 9.17) is 4.74 Å². The summed E-state index contributed by atoms with van der Waals surface area (Å²) in [6, 6.07) is 9.23. The monoisotopic (exact) mass is 583 g/mol. The fraction of sp³-hybridized carbons (Fsp3) is 0.467. The van der Waals surface area contributed by atoms with E-state index >= 15 is 0 Å². The molecule has 0 bridgehead atoms. The van der Waals surface area contributed by atoms with Gasteiger partial charge in [-0.15, -0.1) is 5.53 Å². The van der Waals surface area contributed by atoms with Crippen molar-refractivity contribution in [3.05, 3.63) is 58.9 Å². The number of hydrazine groups is 2. The average Bonchev–Trinajstić information content (AvgIpc) is 3.42.